The number of carboxylic acids is 1. The zero-order chi connectivity index (χ0) is 26.5. The molecule has 0 radical (unpaired) electrons. The highest BCUT2D eigenvalue weighted by Gasteiger charge is 2.05. The van der Waals surface area contributed by atoms with Crippen molar-refractivity contribution in [2.75, 3.05) is 0 Å². The summed E-state index contributed by atoms with van der Waals surface area (Å²) in [6, 6.07) is 30.5. The van der Waals surface area contributed by atoms with Gasteiger partial charge in [0.15, 0.2) is 6.29 Å². The number of carbonyl (C=O) groups is 2. The average Bonchev–Trinajstić information content (AvgIpc) is 2.92. The summed E-state index contributed by atoms with van der Waals surface area (Å²) in [5.74, 6) is 0.264. The summed E-state index contributed by atoms with van der Waals surface area (Å²) < 4.78 is 13.1. The average molecular weight is 624 g/mol. The van der Waals surface area contributed by atoms with Gasteiger partial charge >= 0.3 is 5.97 Å². The maximum absolute atomic E-state index is 10.9. The molecule has 4 rings (SSSR count). The lowest BCUT2D eigenvalue weighted by molar-refractivity contribution is -0.131. The molecule has 0 heterocycles. The number of halogens is 2. The van der Waals surface area contributed by atoms with Crippen molar-refractivity contribution in [2.45, 2.75) is 13.2 Å². The van der Waals surface area contributed by atoms with Gasteiger partial charge in [-0.2, -0.15) is 0 Å². The summed E-state index contributed by atoms with van der Waals surface area (Å²) >= 11 is 6.68. The number of hydrogen-bond donors (Lipinski definition) is 1. The van der Waals surface area contributed by atoms with Crippen molar-refractivity contribution < 1.29 is 24.2 Å². The van der Waals surface area contributed by atoms with E-state index in [-0.39, 0.29) is 0 Å². The Labute approximate surface area is 232 Å². The van der Waals surface area contributed by atoms with Crippen molar-refractivity contribution in [1.29, 1.82) is 0 Å². The summed E-state index contributed by atoms with van der Waals surface area (Å²) in [7, 11) is 0. The molecule has 0 saturated carbocycles. The van der Waals surface area contributed by atoms with E-state index >= 15 is 0 Å². The second kappa shape index (κ2) is 14.8. The lowest BCUT2D eigenvalue weighted by Gasteiger charge is -2.09. The van der Waals surface area contributed by atoms with Crippen molar-refractivity contribution in [2.24, 2.45) is 0 Å². The van der Waals surface area contributed by atoms with E-state index in [2.05, 4.69) is 31.9 Å². The maximum Gasteiger partial charge on any atom is 0.328 e. The van der Waals surface area contributed by atoms with E-state index in [9.17, 15) is 9.59 Å². The second-order valence-electron chi connectivity index (χ2n) is 7.70. The molecule has 0 aliphatic heterocycles. The minimum Gasteiger partial charge on any atom is -0.488 e. The summed E-state index contributed by atoms with van der Waals surface area (Å²) in [4.78, 5) is 21.5. The van der Waals surface area contributed by atoms with Crippen molar-refractivity contribution in [3.05, 3.63) is 134 Å². The molecule has 7 heteroatoms. The fourth-order valence-electron chi connectivity index (χ4n) is 3.16. The minimum atomic E-state index is -0.987. The predicted molar refractivity (Wildman–Crippen MR) is 152 cm³/mol. The lowest BCUT2D eigenvalue weighted by atomic mass is 10.2. The van der Waals surface area contributed by atoms with Crippen LogP contribution in [-0.4, -0.2) is 17.4 Å². The molecule has 5 nitrogen and oxygen atoms in total. The fourth-order valence-corrected chi connectivity index (χ4v) is 3.91. The smallest absolute Gasteiger partial charge is 0.328 e. The lowest BCUT2D eigenvalue weighted by Crippen LogP contribution is -1.97. The van der Waals surface area contributed by atoms with Crippen LogP contribution in [0.2, 0.25) is 0 Å². The molecular weight excluding hydrogens is 600 g/mol. The number of aliphatic carboxylic acids is 1. The molecule has 0 aromatic heterocycles. The SMILES string of the molecule is O=C(O)C=Cc1cc(Br)ccc1OCc1ccccc1.O=Cc1cc(Br)ccc1OCc1ccccc1. The van der Waals surface area contributed by atoms with Gasteiger partial charge in [-0.3, -0.25) is 4.79 Å². The number of rotatable bonds is 9. The van der Waals surface area contributed by atoms with Crippen molar-refractivity contribution in [1.82, 2.24) is 0 Å². The standard InChI is InChI=1S/C16H13BrO3.C14H11BrO2/c17-14-7-8-15(13(10-14)6-9-16(18)19)20-11-12-4-2-1-3-5-12;15-13-6-7-14(12(8-13)9-16)17-10-11-4-2-1-3-5-11/h1-10H,11H2,(H,18,19);1-9H,10H2. The van der Waals surface area contributed by atoms with Crippen molar-refractivity contribution in [3.63, 3.8) is 0 Å². The molecule has 0 fully saturated rings. The predicted octanol–water partition coefficient (Wildman–Crippen LogP) is 7.97. The Morgan fingerprint density at radius 1 is 0.703 bits per heavy atom. The molecule has 0 aliphatic carbocycles. The Hall–Kier alpha value is -3.68. The molecule has 4 aromatic carbocycles. The van der Waals surface area contributed by atoms with E-state index in [1.807, 2.05) is 84.9 Å². The van der Waals surface area contributed by atoms with E-state index in [1.165, 1.54) is 6.08 Å². The zero-order valence-electron chi connectivity index (χ0n) is 19.7. The summed E-state index contributed by atoms with van der Waals surface area (Å²) in [6.45, 7) is 0.902. The van der Waals surface area contributed by atoms with Gasteiger partial charge in [-0.1, -0.05) is 92.5 Å². The van der Waals surface area contributed by atoms with Crippen LogP contribution in [-0.2, 0) is 18.0 Å². The van der Waals surface area contributed by atoms with Crippen LogP contribution in [0.4, 0.5) is 0 Å². The third-order valence-electron chi connectivity index (χ3n) is 4.95. The third-order valence-corrected chi connectivity index (χ3v) is 5.94. The Morgan fingerprint density at radius 3 is 1.62 bits per heavy atom. The van der Waals surface area contributed by atoms with Crippen LogP contribution in [0.3, 0.4) is 0 Å². The number of benzene rings is 4. The van der Waals surface area contributed by atoms with Crippen LogP contribution in [0.1, 0.15) is 27.0 Å². The van der Waals surface area contributed by atoms with Gasteiger partial charge in [-0.15, -0.1) is 0 Å². The third kappa shape index (κ3) is 9.71. The van der Waals surface area contributed by atoms with Crippen LogP contribution < -0.4 is 9.47 Å². The first-order valence-corrected chi connectivity index (χ1v) is 12.8. The van der Waals surface area contributed by atoms with Crippen LogP contribution in [0.25, 0.3) is 6.08 Å². The van der Waals surface area contributed by atoms with Gasteiger partial charge < -0.3 is 14.6 Å². The Balaban J connectivity index is 0.000000208. The van der Waals surface area contributed by atoms with Crippen LogP contribution in [0, 0.1) is 0 Å². The minimum absolute atomic E-state index is 0.441. The van der Waals surface area contributed by atoms with Gasteiger partial charge in [-0.25, -0.2) is 4.79 Å². The summed E-state index contributed by atoms with van der Waals surface area (Å²) in [5.41, 5.74) is 3.41. The first-order valence-electron chi connectivity index (χ1n) is 11.2. The molecule has 0 atom stereocenters. The Morgan fingerprint density at radius 2 is 1.16 bits per heavy atom. The van der Waals surface area contributed by atoms with Gasteiger partial charge in [0, 0.05) is 20.6 Å². The number of aldehydes is 1. The van der Waals surface area contributed by atoms with E-state index in [0.29, 0.717) is 30.3 Å². The van der Waals surface area contributed by atoms with Gasteiger partial charge in [0.05, 0.1) is 5.56 Å². The number of ether oxygens (including phenoxy) is 2. The molecule has 0 amide bonds. The van der Waals surface area contributed by atoms with Crippen LogP contribution in [0.15, 0.2) is 112 Å². The van der Waals surface area contributed by atoms with Crippen LogP contribution in [0.5, 0.6) is 11.5 Å². The van der Waals surface area contributed by atoms with Gasteiger partial charge in [0.2, 0.25) is 0 Å². The summed E-state index contributed by atoms with van der Waals surface area (Å²) in [5, 5.41) is 8.70. The number of carboxylic acid groups (broad SMARTS) is 1. The van der Waals surface area contributed by atoms with E-state index < -0.39 is 5.97 Å². The zero-order valence-corrected chi connectivity index (χ0v) is 22.9. The van der Waals surface area contributed by atoms with E-state index in [4.69, 9.17) is 14.6 Å². The molecule has 0 bridgehead atoms. The molecule has 0 saturated heterocycles. The van der Waals surface area contributed by atoms with Crippen molar-refractivity contribution >= 4 is 50.2 Å². The fraction of sp³-hybridized carbons (Fsp3) is 0.0667. The monoisotopic (exact) mass is 622 g/mol. The molecule has 0 unspecified atom stereocenters. The molecular formula is C30H24Br2O5. The quantitative estimate of drug-likeness (QED) is 0.151. The van der Waals surface area contributed by atoms with E-state index in [0.717, 1.165) is 38.0 Å². The number of carbonyl (C=O) groups excluding carboxylic acids is 1. The highest BCUT2D eigenvalue weighted by molar-refractivity contribution is 9.10. The second-order valence-corrected chi connectivity index (χ2v) is 9.53. The maximum atomic E-state index is 10.9. The van der Waals surface area contributed by atoms with Crippen molar-refractivity contribution in [3.8, 4) is 11.5 Å². The molecule has 188 valence electrons. The topological polar surface area (TPSA) is 72.8 Å². The Kier molecular flexibility index (Phi) is 11.1. The first kappa shape index (κ1) is 27.9. The molecule has 4 aromatic rings. The van der Waals surface area contributed by atoms with E-state index in [1.54, 1.807) is 12.1 Å². The largest absolute Gasteiger partial charge is 0.488 e. The highest BCUT2D eigenvalue weighted by atomic mass is 79.9. The van der Waals surface area contributed by atoms with Crippen LogP contribution >= 0.6 is 31.9 Å². The molecule has 0 aliphatic rings. The van der Waals surface area contributed by atoms with Gasteiger partial charge in [0.1, 0.15) is 24.7 Å². The molecule has 1 N–H and O–H groups in total. The summed E-state index contributed by atoms with van der Waals surface area (Å²) in [6.07, 6.45) is 3.41. The normalized spacial score (nSPS) is 10.3. The Bertz CT molecular complexity index is 1340. The molecule has 37 heavy (non-hydrogen) atoms. The first-order chi connectivity index (χ1) is 17.9. The highest BCUT2D eigenvalue weighted by Crippen LogP contribution is 2.25. The van der Waals surface area contributed by atoms with Gasteiger partial charge in [-0.05, 0) is 53.6 Å². The number of hydrogen-bond acceptors (Lipinski definition) is 4. The molecule has 0 spiro atoms. The van der Waals surface area contributed by atoms with Gasteiger partial charge in [0.25, 0.3) is 0 Å².